The molecule has 41 heavy (non-hydrogen) atoms. The van der Waals surface area contributed by atoms with Crippen molar-refractivity contribution in [1.82, 2.24) is 5.32 Å². The zero-order chi connectivity index (χ0) is 29.4. The summed E-state index contributed by atoms with van der Waals surface area (Å²) in [6.07, 6.45) is 15.9. The molecule has 0 heterocycles. The molecule has 0 aliphatic heterocycles. The fourth-order valence-corrected chi connectivity index (χ4v) is 9.89. The van der Waals surface area contributed by atoms with Crippen molar-refractivity contribution in [3.63, 3.8) is 0 Å². The SMILES string of the molecule is CC(C)CCC[C@@H](C)[C@H]1CC[C@H]2[C@@H]3CC=C4C[C@@H](OC(=O)NCc5ccc(C(=O)O)cc5)CC[C@]4(C)[C@H]3CC[C@]12C. The molecule has 4 aliphatic rings. The minimum absolute atomic E-state index is 0.0725. The largest absolute Gasteiger partial charge is 0.478 e. The van der Waals surface area contributed by atoms with Gasteiger partial charge in [-0.3, -0.25) is 0 Å². The predicted octanol–water partition coefficient (Wildman–Crippen LogP) is 9.02. The van der Waals surface area contributed by atoms with Gasteiger partial charge in [0.2, 0.25) is 0 Å². The number of benzene rings is 1. The Hall–Kier alpha value is -2.30. The van der Waals surface area contributed by atoms with Crippen molar-refractivity contribution in [3.05, 3.63) is 47.0 Å². The average Bonchev–Trinajstić information content (AvgIpc) is 3.29. The Morgan fingerprint density at radius 2 is 1.76 bits per heavy atom. The van der Waals surface area contributed by atoms with Crippen LogP contribution in [0, 0.1) is 46.3 Å². The quantitative estimate of drug-likeness (QED) is 0.294. The number of carbonyl (C=O) groups excluding carboxylic acids is 1. The number of hydrogen-bond acceptors (Lipinski definition) is 3. The molecule has 3 saturated carbocycles. The fraction of sp³-hybridized carbons (Fsp3) is 0.722. The second-order valence-corrected chi connectivity index (χ2v) is 14.9. The lowest BCUT2D eigenvalue weighted by Gasteiger charge is -2.58. The van der Waals surface area contributed by atoms with Crippen molar-refractivity contribution in [2.45, 2.75) is 118 Å². The highest BCUT2D eigenvalue weighted by molar-refractivity contribution is 5.87. The van der Waals surface area contributed by atoms with Crippen LogP contribution >= 0.6 is 0 Å². The van der Waals surface area contributed by atoms with Crippen LogP contribution in [0.3, 0.4) is 0 Å². The first kappa shape index (κ1) is 30.2. The van der Waals surface area contributed by atoms with Gasteiger partial charge in [0.25, 0.3) is 0 Å². The Labute approximate surface area is 247 Å². The third-order valence-corrected chi connectivity index (χ3v) is 12.2. The van der Waals surface area contributed by atoms with Crippen LogP contribution in [-0.2, 0) is 11.3 Å². The van der Waals surface area contributed by atoms with Gasteiger partial charge < -0.3 is 15.2 Å². The molecule has 0 spiro atoms. The highest BCUT2D eigenvalue weighted by Crippen LogP contribution is 2.67. The maximum Gasteiger partial charge on any atom is 0.407 e. The van der Waals surface area contributed by atoms with E-state index < -0.39 is 5.97 Å². The lowest BCUT2D eigenvalue weighted by Crippen LogP contribution is -2.51. The molecule has 8 atom stereocenters. The smallest absolute Gasteiger partial charge is 0.407 e. The Morgan fingerprint density at radius 1 is 1.00 bits per heavy atom. The van der Waals surface area contributed by atoms with Gasteiger partial charge in [0.1, 0.15) is 6.10 Å². The Kier molecular flexibility index (Phi) is 8.93. The zero-order valence-corrected chi connectivity index (χ0v) is 26.1. The van der Waals surface area contributed by atoms with Gasteiger partial charge in [-0.05, 0) is 109 Å². The van der Waals surface area contributed by atoms with Crippen LogP contribution in [0.5, 0.6) is 0 Å². The van der Waals surface area contributed by atoms with Crippen LogP contribution in [0.15, 0.2) is 35.9 Å². The number of ether oxygens (including phenoxy) is 1. The molecule has 5 rings (SSSR count). The lowest BCUT2D eigenvalue weighted by molar-refractivity contribution is -0.0581. The van der Waals surface area contributed by atoms with Gasteiger partial charge in [-0.15, -0.1) is 0 Å². The third kappa shape index (κ3) is 6.11. The molecule has 0 bridgehead atoms. The Bertz CT molecular complexity index is 1120. The van der Waals surface area contributed by atoms with Crippen molar-refractivity contribution >= 4 is 12.1 Å². The van der Waals surface area contributed by atoms with Crippen molar-refractivity contribution < 1.29 is 19.4 Å². The number of amides is 1. The topological polar surface area (TPSA) is 75.6 Å². The fourth-order valence-electron chi connectivity index (χ4n) is 9.89. The first-order chi connectivity index (χ1) is 19.5. The standard InChI is InChI=1S/C36H53NO4/c1-23(2)7-6-8-24(3)30-15-16-31-29-14-13-27-21-28(17-19-35(27,4)32(29)18-20-36(30,31)5)41-34(40)37-22-25-9-11-26(12-10-25)33(38)39/h9-13,23-24,28-32H,6-8,14-22H2,1-5H3,(H,37,40)(H,38,39)/t24-,28+,29+,30-,31+,32+,35+,36-/m1/s1. The lowest BCUT2D eigenvalue weighted by atomic mass is 9.47. The van der Waals surface area contributed by atoms with Gasteiger partial charge in [-0.25, -0.2) is 9.59 Å². The number of carbonyl (C=O) groups is 2. The van der Waals surface area contributed by atoms with Crippen LogP contribution in [0.2, 0.25) is 0 Å². The summed E-state index contributed by atoms with van der Waals surface area (Å²) in [7, 11) is 0. The summed E-state index contributed by atoms with van der Waals surface area (Å²) in [5.74, 6) is 4.02. The van der Waals surface area contributed by atoms with Gasteiger partial charge in [-0.1, -0.05) is 77.7 Å². The molecule has 0 unspecified atom stereocenters. The van der Waals surface area contributed by atoms with Gasteiger partial charge in [-0.2, -0.15) is 0 Å². The number of carboxylic acid groups (broad SMARTS) is 1. The van der Waals surface area contributed by atoms with E-state index >= 15 is 0 Å². The average molecular weight is 564 g/mol. The summed E-state index contributed by atoms with van der Waals surface area (Å²) >= 11 is 0. The first-order valence-corrected chi connectivity index (χ1v) is 16.5. The third-order valence-electron chi connectivity index (χ3n) is 12.2. The van der Waals surface area contributed by atoms with E-state index in [4.69, 9.17) is 9.84 Å². The minimum atomic E-state index is -0.951. The number of rotatable bonds is 9. The Morgan fingerprint density at radius 3 is 2.46 bits per heavy atom. The van der Waals surface area contributed by atoms with Crippen LogP contribution < -0.4 is 5.32 Å². The molecule has 2 N–H and O–H groups in total. The molecule has 4 aliphatic carbocycles. The van der Waals surface area contributed by atoms with Gasteiger partial charge in [0.05, 0.1) is 5.56 Å². The summed E-state index contributed by atoms with van der Waals surface area (Å²) < 4.78 is 5.89. The van der Waals surface area contributed by atoms with E-state index in [1.165, 1.54) is 56.9 Å². The maximum atomic E-state index is 12.6. The van der Waals surface area contributed by atoms with E-state index in [1.807, 2.05) is 0 Å². The van der Waals surface area contributed by atoms with E-state index in [0.29, 0.717) is 12.0 Å². The van der Waals surface area contributed by atoms with Crippen molar-refractivity contribution in [3.8, 4) is 0 Å². The van der Waals surface area contributed by atoms with Crippen LogP contribution in [0.25, 0.3) is 0 Å². The monoisotopic (exact) mass is 563 g/mol. The second kappa shape index (κ2) is 12.1. The van der Waals surface area contributed by atoms with E-state index in [1.54, 1.807) is 24.3 Å². The molecule has 5 nitrogen and oxygen atoms in total. The molecular weight excluding hydrogens is 510 g/mol. The number of hydrogen-bond donors (Lipinski definition) is 2. The number of alkyl carbamates (subject to hydrolysis) is 1. The van der Waals surface area contributed by atoms with E-state index in [0.717, 1.165) is 60.3 Å². The molecular formula is C36H53NO4. The number of fused-ring (bicyclic) bond motifs is 5. The van der Waals surface area contributed by atoms with Crippen LogP contribution in [0.1, 0.15) is 121 Å². The molecule has 0 radical (unpaired) electrons. The zero-order valence-electron chi connectivity index (χ0n) is 26.1. The number of allylic oxidation sites excluding steroid dienone is 1. The van der Waals surface area contributed by atoms with Crippen molar-refractivity contribution in [2.75, 3.05) is 0 Å². The normalized spacial score (nSPS) is 35.1. The second-order valence-electron chi connectivity index (χ2n) is 14.9. The molecule has 1 aromatic rings. The van der Waals surface area contributed by atoms with Gasteiger partial charge >= 0.3 is 12.1 Å². The van der Waals surface area contributed by atoms with E-state index in [2.05, 4.69) is 46.0 Å². The predicted molar refractivity (Wildman–Crippen MR) is 164 cm³/mol. The molecule has 1 amide bonds. The Balaban J connectivity index is 1.17. The minimum Gasteiger partial charge on any atom is -0.478 e. The van der Waals surface area contributed by atoms with Crippen LogP contribution in [0.4, 0.5) is 4.79 Å². The summed E-state index contributed by atoms with van der Waals surface area (Å²) in [4.78, 5) is 23.7. The van der Waals surface area contributed by atoms with E-state index in [-0.39, 0.29) is 23.2 Å². The van der Waals surface area contributed by atoms with Gasteiger partial charge in [0.15, 0.2) is 0 Å². The number of nitrogens with one attached hydrogen (secondary N) is 1. The highest BCUT2D eigenvalue weighted by Gasteiger charge is 2.59. The molecule has 0 saturated heterocycles. The summed E-state index contributed by atoms with van der Waals surface area (Å²) in [6.45, 7) is 12.8. The van der Waals surface area contributed by atoms with Crippen molar-refractivity contribution in [1.29, 1.82) is 0 Å². The maximum absolute atomic E-state index is 12.6. The summed E-state index contributed by atoms with van der Waals surface area (Å²) in [5, 5.41) is 11.9. The number of aromatic carboxylic acids is 1. The summed E-state index contributed by atoms with van der Waals surface area (Å²) in [5.41, 5.74) is 3.38. The molecule has 5 heteroatoms. The highest BCUT2D eigenvalue weighted by atomic mass is 16.6. The molecule has 1 aromatic carbocycles. The number of carboxylic acids is 1. The van der Waals surface area contributed by atoms with Crippen LogP contribution in [-0.4, -0.2) is 23.3 Å². The summed E-state index contributed by atoms with van der Waals surface area (Å²) in [6, 6.07) is 6.58. The molecule has 0 aromatic heterocycles. The molecule has 3 fully saturated rings. The van der Waals surface area contributed by atoms with Gasteiger partial charge in [0, 0.05) is 13.0 Å². The first-order valence-electron chi connectivity index (χ1n) is 16.5. The molecule has 226 valence electrons. The van der Waals surface area contributed by atoms with E-state index in [9.17, 15) is 9.59 Å². The van der Waals surface area contributed by atoms with Crippen molar-refractivity contribution in [2.24, 2.45) is 46.3 Å².